The van der Waals surface area contributed by atoms with Crippen molar-refractivity contribution in [2.24, 2.45) is 7.05 Å². The average Bonchev–Trinajstić information content (AvgIpc) is 3.05. The maximum absolute atomic E-state index is 13.7. The first kappa shape index (κ1) is 24.1. The Morgan fingerprint density at radius 3 is 2.24 bits per heavy atom. The van der Waals surface area contributed by atoms with Gasteiger partial charge in [0, 0.05) is 30.3 Å². The molecular formula is C27H28FNO4. The number of halogens is 1. The molecule has 0 spiro atoms. The van der Waals surface area contributed by atoms with E-state index in [0.29, 0.717) is 0 Å². The first-order valence-electron chi connectivity index (χ1n) is 10.8. The van der Waals surface area contributed by atoms with Gasteiger partial charge in [-0.2, -0.15) is 0 Å². The second-order valence-corrected chi connectivity index (χ2v) is 8.35. The second-order valence-electron chi connectivity index (χ2n) is 8.35. The van der Waals surface area contributed by atoms with E-state index < -0.39 is 24.3 Å². The lowest BCUT2D eigenvalue weighted by atomic mass is 9.94. The van der Waals surface area contributed by atoms with Crippen LogP contribution in [0.2, 0.25) is 0 Å². The lowest BCUT2D eigenvalue weighted by Crippen LogP contribution is -2.14. The van der Waals surface area contributed by atoms with Gasteiger partial charge in [0.2, 0.25) is 0 Å². The summed E-state index contributed by atoms with van der Waals surface area (Å²) in [5.41, 5.74) is 5.57. The van der Waals surface area contributed by atoms with Crippen LogP contribution >= 0.6 is 0 Å². The van der Waals surface area contributed by atoms with Crippen molar-refractivity contribution < 1.29 is 24.2 Å². The Kier molecular flexibility index (Phi) is 7.61. The number of carbonyl (C=O) groups excluding carboxylic acids is 1. The minimum absolute atomic E-state index is 0.136. The van der Waals surface area contributed by atoms with Gasteiger partial charge in [-0.25, -0.2) is 4.39 Å². The van der Waals surface area contributed by atoms with E-state index in [1.54, 1.807) is 18.2 Å². The van der Waals surface area contributed by atoms with Crippen LogP contribution in [0.3, 0.4) is 0 Å². The molecular weight excluding hydrogens is 421 g/mol. The molecule has 1 aromatic heterocycles. The van der Waals surface area contributed by atoms with Crippen LogP contribution in [0, 0.1) is 5.82 Å². The molecule has 172 valence electrons. The molecule has 2 N–H and O–H groups in total. The maximum atomic E-state index is 13.7. The van der Waals surface area contributed by atoms with Crippen LogP contribution in [-0.4, -0.2) is 32.6 Å². The van der Waals surface area contributed by atoms with E-state index in [1.807, 2.05) is 37.4 Å². The number of hydrogen-bond donors (Lipinski definition) is 2. The zero-order valence-electron chi connectivity index (χ0n) is 19.0. The minimum Gasteiger partial charge on any atom is -0.481 e. The topological polar surface area (TPSA) is 79.5 Å². The van der Waals surface area contributed by atoms with E-state index in [0.717, 1.165) is 33.6 Å². The van der Waals surface area contributed by atoms with Gasteiger partial charge < -0.3 is 14.8 Å². The second kappa shape index (κ2) is 10.4. The number of ketones is 1. The van der Waals surface area contributed by atoms with Crippen molar-refractivity contribution in [2.75, 3.05) is 0 Å². The molecule has 33 heavy (non-hydrogen) atoms. The first-order valence-corrected chi connectivity index (χ1v) is 10.8. The standard InChI is InChI=1S/C27H28FNO4/c1-17(2)26-23(14-13-21(30)15-22(31)16-24(32)33)25(18-9-11-20(28)12-10-18)27(29(26)3)19-7-5-4-6-8-19/h4-14,17,21,30H,15-16H2,1-3H3,(H,32,33)/b14-13+. The Morgan fingerprint density at radius 1 is 1.03 bits per heavy atom. The smallest absolute Gasteiger partial charge is 0.310 e. The highest BCUT2D eigenvalue weighted by Gasteiger charge is 2.24. The summed E-state index contributed by atoms with van der Waals surface area (Å²) in [6.07, 6.45) is 1.29. The molecule has 0 aliphatic heterocycles. The van der Waals surface area contributed by atoms with Crippen LogP contribution in [0.15, 0.2) is 60.7 Å². The van der Waals surface area contributed by atoms with Gasteiger partial charge in [0.05, 0.1) is 11.8 Å². The number of rotatable bonds is 9. The minimum atomic E-state index is -1.22. The molecule has 0 aliphatic rings. The van der Waals surface area contributed by atoms with Crippen molar-refractivity contribution in [3.63, 3.8) is 0 Å². The van der Waals surface area contributed by atoms with Gasteiger partial charge in [0.15, 0.2) is 0 Å². The summed E-state index contributed by atoms with van der Waals surface area (Å²) in [6, 6.07) is 16.2. The lowest BCUT2D eigenvalue weighted by Gasteiger charge is -2.12. The van der Waals surface area contributed by atoms with Crippen LogP contribution < -0.4 is 0 Å². The summed E-state index contributed by atoms with van der Waals surface area (Å²) in [7, 11) is 1.98. The number of aliphatic hydroxyl groups is 1. The molecule has 1 atom stereocenters. The molecule has 6 heteroatoms. The van der Waals surface area contributed by atoms with Crippen LogP contribution in [0.5, 0.6) is 0 Å². The molecule has 0 radical (unpaired) electrons. The third-order valence-corrected chi connectivity index (χ3v) is 5.48. The Bertz CT molecular complexity index is 1160. The van der Waals surface area contributed by atoms with E-state index >= 15 is 0 Å². The van der Waals surface area contributed by atoms with Gasteiger partial charge in [-0.15, -0.1) is 0 Å². The summed E-state index contributed by atoms with van der Waals surface area (Å²) in [5, 5.41) is 19.1. The quantitative estimate of drug-likeness (QED) is 0.427. The Balaban J connectivity index is 2.16. The van der Waals surface area contributed by atoms with Gasteiger partial charge in [0.1, 0.15) is 18.0 Å². The molecule has 3 aromatic rings. The van der Waals surface area contributed by atoms with Crippen molar-refractivity contribution in [2.45, 2.75) is 38.7 Å². The Morgan fingerprint density at radius 2 is 1.67 bits per heavy atom. The zero-order valence-corrected chi connectivity index (χ0v) is 19.0. The van der Waals surface area contributed by atoms with E-state index in [2.05, 4.69) is 18.4 Å². The molecule has 0 aliphatic carbocycles. The summed E-state index contributed by atoms with van der Waals surface area (Å²) in [6.45, 7) is 4.14. The lowest BCUT2D eigenvalue weighted by molar-refractivity contribution is -0.140. The number of Topliss-reactive ketones (excluding diaryl/α,β-unsaturated/α-hetero) is 1. The SMILES string of the molecule is CC(C)c1c(/C=C/C(O)CC(=O)CC(=O)O)c(-c2ccc(F)cc2)c(-c2ccccc2)n1C. The predicted molar refractivity (Wildman–Crippen MR) is 127 cm³/mol. The van der Waals surface area contributed by atoms with E-state index in [4.69, 9.17) is 5.11 Å². The molecule has 1 heterocycles. The molecule has 3 rings (SSSR count). The number of nitrogens with zero attached hydrogens (tertiary/aromatic N) is 1. The normalized spacial score (nSPS) is 12.4. The average molecular weight is 450 g/mol. The molecule has 0 fully saturated rings. The van der Waals surface area contributed by atoms with Gasteiger partial charge in [-0.3, -0.25) is 9.59 Å². The largest absolute Gasteiger partial charge is 0.481 e. The number of carboxylic acid groups (broad SMARTS) is 1. The fourth-order valence-electron chi connectivity index (χ4n) is 4.18. The van der Waals surface area contributed by atoms with Gasteiger partial charge in [-0.1, -0.05) is 68.5 Å². The number of hydrogen-bond acceptors (Lipinski definition) is 3. The molecule has 0 amide bonds. The predicted octanol–water partition coefficient (Wildman–Crippen LogP) is 5.43. The van der Waals surface area contributed by atoms with E-state index in [9.17, 15) is 19.1 Å². The number of benzene rings is 2. The van der Waals surface area contributed by atoms with E-state index in [1.165, 1.54) is 18.2 Å². The van der Waals surface area contributed by atoms with Crippen molar-refractivity contribution in [3.8, 4) is 22.4 Å². The van der Waals surface area contributed by atoms with Crippen LogP contribution in [0.25, 0.3) is 28.5 Å². The summed E-state index contributed by atoms with van der Waals surface area (Å²) in [5.74, 6) is -1.95. The zero-order chi connectivity index (χ0) is 24.1. The summed E-state index contributed by atoms with van der Waals surface area (Å²) in [4.78, 5) is 22.5. The fourth-order valence-corrected chi connectivity index (χ4v) is 4.18. The number of aliphatic carboxylic acids is 1. The highest BCUT2D eigenvalue weighted by molar-refractivity contribution is 5.95. The molecule has 5 nitrogen and oxygen atoms in total. The summed E-state index contributed by atoms with van der Waals surface area (Å²) >= 11 is 0. The molecule has 0 bridgehead atoms. The molecule has 2 aromatic carbocycles. The Hall–Kier alpha value is -3.51. The molecule has 0 saturated heterocycles. The summed E-state index contributed by atoms with van der Waals surface area (Å²) < 4.78 is 15.8. The molecule has 0 saturated carbocycles. The Labute approximate surface area is 192 Å². The van der Waals surface area contributed by atoms with Crippen molar-refractivity contribution >= 4 is 17.8 Å². The highest BCUT2D eigenvalue weighted by atomic mass is 19.1. The van der Waals surface area contributed by atoms with Crippen molar-refractivity contribution in [1.82, 2.24) is 4.57 Å². The molecule has 1 unspecified atom stereocenters. The number of aromatic nitrogens is 1. The first-order chi connectivity index (χ1) is 15.7. The van der Waals surface area contributed by atoms with Crippen LogP contribution in [0.1, 0.15) is 43.9 Å². The monoisotopic (exact) mass is 449 g/mol. The number of carbonyl (C=O) groups is 2. The highest BCUT2D eigenvalue weighted by Crippen LogP contribution is 2.42. The van der Waals surface area contributed by atoms with Crippen molar-refractivity contribution in [1.29, 1.82) is 0 Å². The van der Waals surface area contributed by atoms with Gasteiger partial charge in [0.25, 0.3) is 0 Å². The third kappa shape index (κ3) is 5.65. The van der Waals surface area contributed by atoms with Crippen LogP contribution in [0.4, 0.5) is 4.39 Å². The van der Waals surface area contributed by atoms with Crippen LogP contribution in [-0.2, 0) is 16.6 Å². The third-order valence-electron chi connectivity index (χ3n) is 5.48. The fraction of sp³-hybridized carbons (Fsp3) is 0.259. The van der Waals surface area contributed by atoms with Gasteiger partial charge >= 0.3 is 5.97 Å². The van der Waals surface area contributed by atoms with Crippen molar-refractivity contribution in [3.05, 3.63) is 77.7 Å². The van der Waals surface area contributed by atoms with E-state index in [-0.39, 0.29) is 18.2 Å². The number of carboxylic acids is 1. The van der Waals surface area contributed by atoms with Gasteiger partial charge in [-0.05, 0) is 29.2 Å². The maximum Gasteiger partial charge on any atom is 0.310 e. The number of aliphatic hydroxyl groups excluding tert-OH is 1.